The second-order valence-corrected chi connectivity index (χ2v) is 6.04. The molecule has 1 amide bonds. The number of hydrogen-bond donors (Lipinski definition) is 2. The molecule has 1 aromatic carbocycles. The van der Waals surface area contributed by atoms with Crippen LogP contribution in [0.4, 0.5) is 0 Å². The van der Waals surface area contributed by atoms with Gasteiger partial charge in [0.05, 0.1) is 5.54 Å². The lowest BCUT2D eigenvalue weighted by atomic mass is 9.92. The predicted molar refractivity (Wildman–Crippen MR) is 91.8 cm³/mol. The largest absolute Gasteiger partial charge is 0.480 e. The molecule has 0 saturated heterocycles. The van der Waals surface area contributed by atoms with Gasteiger partial charge in [-0.05, 0) is 49.4 Å². The van der Waals surface area contributed by atoms with Crippen LogP contribution in [0.1, 0.15) is 43.4 Å². The number of ether oxygens (including phenoxy) is 1. The summed E-state index contributed by atoms with van der Waals surface area (Å²) in [6.07, 6.45) is 1.84. The quantitative estimate of drug-likeness (QED) is 0.874. The SMILES string of the molecule is CCC(CC)(CN)NC(=O)C1Cc2cc(C)c(C)cc2O1.Cl. The van der Waals surface area contributed by atoms with E-state index in [9.17, 15) is 4.79 Å². The number of carbonyl (C=O) groups excluding carboxylic acids is 1. The molecule has 1 aliphatic rings. The number of rotatable bonds is 5. The van der Waals surface area contributed by atoms with Crippen LogP contribution in [-0.4, -0.2) is 24.1 Å². The van der Waals surface area contributed by atoms with Crippen molar-refractivity contribution in [3.8, 4) is 5.75 Å². The fraction of sp³-hybridized carbons (Fsp3) is 0.588. The number of hydrogen-bond acceptors (Lipinski definition) is 3. The van der Waals surface area contributed by atoms with Crippen molar-refractivity contribution in [3.05, 3.63) is 28.8 Å². The Kier molecular flexibility index (Phi) is 6.27. The van der Waals surface area contributed by atoms with Crippen molar-refractivity contribution in [2.45, 2.75) is 58.6 Å². The second-order valence-electron chi connectivity index (χ2n) is 6.04. The predicted octanol–water partition coefficient (Wildman–Crippen LogP) is 2.66. The monoisotopic (exact) mass is 326 g/mol. The third kappa shape index (κ3) is 3.55. The van der Waals surface area contributed by atoms with Gasteiger partial charge in [-0.3, -0.25) is 4.79 Å². The summed E-state index contributed by atoms with van der Waals surface area (Å²) in [6.45, 7) is 8.68. The smallest absolute Gasteiger partial charge is 0.261 e. The van der Waals surface area contributed by atoms with Gasteiger partial charge in [0.2, 0.25) is 0 Å². The van der Waals surface area contributed by atoms with Gasteiger partial charge in [-0.15, -0.1) is 12.4 Å². The van der Waals surface area contributed by atoms with E-state index >= 15 is 0 Å². The van der Waals surface area contributed by atoms with Crippen molar-refractivity contribution >= 4 is 18.3 Å². The maximum Gasteiger partial charge on any atom is 0.261 e. The molecule has 2 rings (SSSR count). The maximum atomic E-state index is 12.5. The van der Waals surface area contributed by atoms with E-state index in [0.717, 1.165) is 24.2 Å². The summed E-state index contributed by atoms with van der Waals surface area (Å²) in [5.41, 5.74) is 9.06. The first-order valence-electron chi connectivity index (χ1n) is 7.73. The van der Waals surface area contributed by atoms with Gasteiger partial charge in [-0.25, -0.2) is 0 Å². The van der Waals surface area contributed by atoms with Crippen LogP contribution < -0.4 is 15.8 Å². The third-order valence-corrected chi connectivity index (χ3v) is 4.78. The highest BCUT2D eigenvalue weighted by molar-refractivity contribution is 5.85. The van der Waals surface area contributed by atoms with E-state index in [0.29, 0.717) is 13.0 Å². The lowest BCUT2D eigenvalue weighted by Crippen LogP contribution is -2.56. The Morgan fingerprint density at radius 2 is 1.91 bits per heavy atom. The minimum Gasteiger partial charge on any atom is -0.480 e. The first-order chi connectivity index (χ1) is 9.94. The molecule has 4 nitrogen and oxygen atoms in total. The van der Waals surface area contributed by atoms with Crippen LogP contribution in [0.3, 0.4) is 0 Å². The van der Waals surface area contributed by atoms with Crippen LogP contribution in [-0.2, 0) is 11.2 Å². The molecule has 0 radical (unpaired) electrons. The Morgan fingerprint density at radius 3 is 2.45 bits per heavy atom. The van der Waals surface area contributed by atoms with Crippen LogP contribution >= 0.6 is 12.4 Å². The third-order valence-electron chi connectivity index (χ3n) is 4.78. The van der Waals surface area contributed by atoms with Gasteiger partial charge < -0.3 is 15.8 Å². The number of amides is 1. The molecular weight excluding hydrogens is 300 g/mol. The van der Waals surface area contributed by atoms with Gasteiger partial charge in [0, 0.05) is 13.0 Å². The van der Waals surface area contributed by atoms with Gasteiger partial charge in [-0.2, -0.15) is 0 Å². The molecule has 1 atom stereocenters. The number of halogens is 1. The van der Waals surface area contributed by atoms with E-state index in [1.165, 1.54) is 11.1 Å². The Balaban J connectivity index is 0.00000242. The zero-order valence-corrected chi connectivity index (χ0v) is 14.7. The van der Waals surface area contributed by atoms with Gasteiger partial charge in [-0.1, -0.05) is 19.9 Å². The average molecular weight is 327 g/mol. The Bertz CT molecular complexity index is 502. The van der Waals surface area contributed by atoms with Crippen molar-refractivity contribution in [1.82, 2.24) is 5.32 Å². The molecule has 1 aliphatic heterocycles. The van der Waals surface area contributed by atoms with Crippen LogP contribution in [0.25, 0.3) is 0 Å². The molecule has 0 saturated carbocycles. The van der Waals surface area contributed by atoms with Gasteiger partial charge in [0.25, 0.3) is 5.91 Å². The molecule has 124 valence electrons. The van der Waals surface area contributed by atoms with Crippen molar-refractivity contribution in [2.24, 2.45) is 5.73 Å². The second kappa shape index (κ2) is 7.34. The molecule has 0 bridgehead atoms. The number of nitrogens with two attached hydrogens (primary N) is 1. The fourth-order valence-electron chi connectivity index (χ4n) is 2.77. The molecule has 0 fully saturated rings. The highest BCUT2D eigenvalue weighted by Crippen LogP contribution is 2.31. The van der Waals surface area contributed by atoms with Crippen LogP contribution in [0.2, 0.25) is 0 Å². The molecular formula is C17H27ClN2O2. The van der Waals surface area contributed by atoms with E-state index in [1.54, 1.807) is 0 Å². The van der Waals surface area contributed by atoms with Gasteiger partial charge in [0.1, 0.15) is 5.75 Å². The Labute approximate surface area is 139 Å². The lowest BCUT2D eigenvalue weighted by molar-refractivity contribution is -0.129. The Morgan fingerprint density at radius 1 is 1.32 bits per heavy atom. The van der Waals surface area contributed by atoms with Gasteiger partial charge >= 0.3 is 0 Å². The molecule has 0 aliphatic carbocycles. The van der Waals surface area contributed by atoms with Gasteiger partial charge in [0.15, 0.2) is 6.10 Å². The van der Waals surface area contributed by atoms with Crippen LogP contribution in [0, 0.1) is 13.8 Å². The van der Waals surface area contributed by atoms with E-state index < -0.39 is 6.10 Å². The summed E-state index contributed by atoms with van der Waals surface area (Å²) in [7, 11) is 0. The molecule has 1 unspecified atom stereocenters. The highest BCUT2D eigenvalue weighted by Gasteiger charge is 2.34. The Hall–Kier alpha value is -1.26. The zero-order chi connectivity index (χ0) is 15.6. The first kappa shape index (κ1) is 18.8. The van der Waals surface area contributed by atoms with Crippen LogP contribution in [0.5, 0.6) is 5.75 Å². The summed E-state index contributed by atoms with van der Waals surface area (Å²) in [4.78, 5) is 12.5. The fourth-order valence-corrected chi connectivity index (χ4v) is 2.77. The number of nitrogens with one attached hydrogen (secondary N) is 1. The molecule has 22 heavy (non-hydrogen) atoms. The molecule has 0 spiro atoms. The summed E-state index contributed by atoms with van der Waals surface area (Å²) in [5.74, 6) is 0.778. The van der Waals surface area contributed by atoms with Crippen LogP contribution in [0.15, 0.2) is 12.1 Å². The summed E-state index contributed by atoms with van der Waals surface area (Å²) < 4.78 is 5.83. The summed E-state index contributed by atoms with van der Waals surface area (Å²) in [6, 6.07) is 4.14. The van der Waals surface area contributed by atoms with E-state index in [1.807, 2.05) is 19.9 Å². The topological polar surface area (TPSA) is 64.3 Å². The molecule has 5 heteroatoms. The summed E-state index contributed by atoms with van der Waals surface area (Å²) >= 11 is 0. The minimum atomic E-state index is -0.440. The first-order valence-corrected chi connectivity index (χ1v) is 7.73. The number of carbonyl (C=O) groups is 1. The van der Waals surface area contributed by atoms with E-state index in [-0.39, 0.29) is 23.9 Å². The van der Waals surface area contributed by atoms with E-state index in [2.05, 4.69) is 25.2 Å². The molecule has 0 aromatic heterocycles. The standard InChI is InChI=1S/C17H26N2O2.ClH/c1-5-17(6-2,10-18)19-16(20)15-9-13-7-11(3)12(4)8-14(13)21-15;/h7-8,15H,5-6,9-10,18H2,1-4H3,(H,19,20);1H. The summed E-state index contributed by atoms with van der Waals surface area (Å²) in [5, 5.41) is 3.10. The average Bonchev–Trinajstić information content (AvgIpc) is 2.88. The van der Waals surface area contributed by atoms with Crippen molar-refractivity contribution in [3.63, 3.8) is 0 Å². The molecule has 1 heterocycles. The van der Waals surface area contributed by atoms with Crippen molar-refractivity contribution in [2.75, 3.05) is 6.54 Å². The molecule has 1 aromatic rings. The number of fused-ring (bicyclic) bond motifs is 1. The highest BCUT2D eigenvalue weighted by atomic mass is 35.5. The van der Waals surface area contributed by atoms with Crippen molar-refractivity contribution < 1.29 is 9.53 Å². The van der Waals surface area contributed by atoms with Crippen molar-refractivity contribution in [1.29, 1.82) is 0 Å². The van der Waals surface area contributed by atoms with E-state index in [4.69, 9.17) is 10.5 Å². The maximum absolute atomic E-state index is 12.5. The number of benzene rings is 1. The lowest BCUT2D eigenvalue weighted by Gasteiger charge is -2.32. The number of aryl methyl sites for hydroxylation is 2. The minimum absolute atomic E-state index is 0. The molecule has 3 N–H and O–H groups in total. The zero-order valence-electron chi connectivity index (χ0n) is 13.9. The normalized spacial score (nSPS) is 16.5.